The van der Waals surface area contributed by atoms with Crippen LogP contribution in [0.4, 0.5) is 0 Å². The minimum absolute atomic E-state index is 0.103. The lowest BCUT2D eigenvalue weighted by atomic mass is 10.0. The first-order chi connectivity index (χ1) is 8.18. The summed E-state index contributed by atoms with van der Waals surface area (Å²) in [5.41, 5.74) is 2.69. The third-order valence-corrected chi connectivity index (χ3v) is 3.33. The molecule has 0 unspecified atom stereocenters. The van der Waals surface area contributed by atoms with Gasteiger partial charge in [-0.1, -0.05) is 13.8 Å². The molecule has 3 rings (SSSR count). The molecule has 90 valence electrons. The van der Waals surface area contributed by atoms with Gasteiger partial charge in [-0.2, -0.15) is 0 Å². The highest BCUT2D eigenvalue weighted by Crippen LogP contribution is 2.19. The van der Waals surface area contributed by atoms with Crippen LogP contribution in [-0.4, -0.2) is 21.8 Å². The van der Waals surface area contributed by atoms with Crippen LogP contribution >= 0.6 is 0 Å². The van der Waals surface area contributed by atoms with Crippen molar-refractivity contribution >= 4 is 5.71 Å². The van der Waals surface area contributed by atoms with E-state index in [1.807, 2.05) is 0 Å². The van der Waals surface area contributed by atoms with Gasteiger partial charge in [0.15, 0.2) is 0 Å². The highest BCUT2D eigenvalue weighted by molar-refractivity contribution is 6.03. The normalized spacial score (nSPS) is 17.9. The fourth-order valence-corrected chi connectivity index (χ4v) is 2.44. The van der Waals surface area contributed by atoms with Crippen molar-refractivity contribution in [1.29, 1.82) is 0 Å². The maximum atomic E-state index is 12.3. The number of hydrogen-bond donors (Lipinski definition) is 1. The molecule has 0 saturated heterocycles. The zero-order chi connectivity index (χ0) is 12.0. The van der Waals surface area contributed by atoms with Gasteiger partial charge in [-0.05, 0) is 5.92 Å². The van der Waals surface area contributed by atoms with E-state index in [0.29, 0.717) is 25.6 Å². The van der Waals surface area contributed by atoms with E-state index >= 15 is 0 Å². The molecule has 0 spiro atoms. The lowest BCUT2D eigenvalue weighted by molar-refractivity contribution is 0.478. The fourth-order valence-electron chi connectivity index (χ4n) is 2.44. The first-order valence-corrected chi connectivity index (χ1v) is 6.06. The maximum absolute atomic E-state index is 12.3. The first-order valence-electron chi connectivity index (χ1n) is 6.06. The van der Waals surface area contributed by atoms with Crippen LogP contribution in [0.5, 0.6) is 0 Å². The number of aromatic nitrogens is 2. The highest BCUT2D eigenvalue weighted by Gasteiger charge is 2.26. The number of rotatable bonds is 1. The Balaban J connectivity index is 2.19. The molecule has 0 amide bonds. The van der Waals surface area contributed by atoms with Crippen molar-refractivity contribution < 1.29 is 0 Å². The van der Waals surface area contributed by atoms with Gasteiger partial charge in [0.2, 0.25) is 0 Å². The van der Waals surface area contributed by atoms with E-state index in [1.165, 1.54) is 0 Å². The van der Waals surface area contributed by atoms with Gasteiger partial charge < -0.3 is 5.32 Å². The molecule has 2 aliphatic rings. The average Bonchev–Trinajstić information content (AvgIpc) is 2.73. The van der Waals surface area contributed by atoms with E-state index in [4.69, 9.17) is 0 Å². The van der Waals surface area contributed by atoms with Gasteiger partial charge in [0, 0.05) is 13.1 Å². The number of nitrogens with one attached hydrogen (secondary N) is 1. The monoisotopic (exact) mass is 232 g/mol. The van der Waals surface area contributed by atoms with E-state index in [0.717, 1.165) is 29.3 Å². The number of nitrogens with zero attached hydrogens (tertiary/aromatic N) is 3. The molecule has 0 saturated carbocycles. The molecule has 3 heterocycles. The van der Waals surface area contributed by atoms with Crippen molar-refractivity contribution in [3.05, 3.63) is 27.4 Å². The van der Waals surface area contributed by atoms with Crippen molar-refractivity contribution in [2.75, 3.05) is 6.54 Å². The Labute approximate surface area is 99.6 Å². The summed E-state index contributed by atoms with van der Waals surface area (Å²) in [6.45, 7) is 6.91. The van der Waals surface area contributed by atoms with Gasteiger partial charge in [0.1, 0.15) is 5.82 Å². The predicted molar refractivity (Wildman–Crippen MR) is 65.3 cm³/mol. The molecule has 5 heteroatoms. The molecule has 1 N–H and O–H groups in total. The lowest BCUT2D eigenvalue weighted by Crippen LogP contribution is -2.39. The smallest absolute Gasteiger partial charge is 0.259 e. The second-order valence-electron chi connectivity index (χ2n) is 4.84. The molecule has 0 fully saturated rings. The van der Waals surface area contributed by atoms with Gasteiger partial charge in [-0.25, -0.2) is 4.98 Å². The molecule has 1 aromatic heterocycles. The zero-order valence-corrected chi connectivity index (χ0v) is 10.2. The molecule has 0 aromatic carbocycles. The van der Waals surface area contributed by atoms with Crippen LogP contribution in [-0.2, 0) is 19.6 Å². The first kappa shape index (κ1) is 10.7. The van der Waals surface area contributed by atoms with Crippen LogP contribution in [0.1, 0.15) is 30.9 Å². The van der Waals surface area contributed by atoms with E-state index < -0.39 is 0 Å². The van der Waals surface area contributed by atoms with Crippen LogP contribution in [0.2, 0.25) is 0 Å². The van der Waals surface area contributed by atoms with Crippen molar-refractivity contribution in [3.8, 4) is 0 Å². The largest absolute Gasteiger partial charge is 0.308 e. The summed E-state index contributed by atoms with van der Waals surface area (Å²) in [5, 5.41) is 3.24. The van der Waals surface area contributed by atoms with Crippen LogP contribution in [0.3, 0.4) is 0 Å². The quantitative estimate of drug-likeness (QED) is 0.758. The predicted octanol–water partition coefficient (Wildman–Crippen LogP) is 0.305. The fraction of sp³-hybridized carbons (Fsp3) is 0.583. The third kappa shape index (κ3) is 1.53. The summed E-state index contributed by atoms with van der Waals surface area (Å²) in [4.78, 5) is 21.4. The Hall–Kier alpha value is -1.49. The van der Waals surface area contributed by atoms with Crippen molar-refractivity contribution in [2.24, 2.45) is 10.9 Å². The Morgan fingerprint density at radius 2 is 2.24 bits per heavy atom. The van der Waals surface area contributed by atoms with Crippen LogP contribution < -0.4 is 10.9 Å². The van der Waals surface area contributed by atoms with Crippen LogP contribution in [0, 0.1) is 5.92 Å². The second-order valence-corrected chi connectivity index (χ2v) is 4.84. The minimum Gasteiger partial charge on any atom is -0.308 e. The molecule has 17 heavy (non-hydrogen) atoms. The molecule has 2 aliphatic heterocycles. The van der Waals surface area contributed by atoms with E-state index in [-0.39, 0.29) is 5.56 Å². The van der Waals surface area contributed by atoms with Gasteiger partial charge >= 0.3 is 0 Å². The molecule has 0 bridgehead atoms. The van der Waals surface area contributed by atoms with Crippen LogP contribution in [0.25, 0.3) is 0 Å². The molecule has 1 aromatic rings. The summed E-state index contributed by atoms with van der Waals surface area (Å²) >= 11 is 0. The molecule has 5 nitrogen and oxygen atoms in total. The number of fused-ring (bicyclic) bond motifs is 2. The summed E-state index contributed by atoms with van der Waals surface area (Å²) in [7, 11) is 0. The highest BCUT2D eigenvalue weighted by atomic mass is 16.1. The molecule has 0 atom stereocenters. The number of hydrogen-bond acceptors (Lipinski definition) is 4. The standard InChI is InChI=1S/C12H16N4O/c1-7(2)10-11-8(5-14-10)12(17)16-4-3-13-6-9(16)15-11/h7,13H,3-6H2,1-2H3. The Morgan fingerprint density at radius 1 is 1.41 bits per heavy atom. The van der Waals surface area contributed by atoms with Crippen molar-refractivity contribution in [2.45, 2.75) is 33.5 Å². The van der Waals surface area contributed by atoms with E-state index in [2.05, 4.69) is 29.1 Å². The molecular weight excluding hydrogens is 216 g/mol. The summed E-state index contributed by atoms with van der Waals surface area (Å²) < 4.78 is 1.79. The molecule has 0 radical (unpaired) electrons. The Morgan fingerprint density at radius 3 is 3.00 bits per heavy atom. The Bertz CT molecular complexity index is 556. The summed E-state index contributed by atoms with van der Waals surface area (Å²) in [6, 6.07) is 0. The van der Waals surface area contributed by atoms with Gasteiger partial charge in [-0.15, -0.1) is 0 Å². The SMILES string of the molecule is CC(C)C1=NCc2c1nc1n(c2=O)CCNC1. The summed E-state index contributed by atoms with van der Waals surface area (Å²) in [5.74, 6) is 1.16. The summed E-state index contributed by atoms with van der Waals surface area (Å²) in [6.07, 6.45) is 0. The minimum atomic E-state index is 0.103. The maximum Gasteiger partial charge on any atom is 0.259 e. The van der Waals surface area contributed by atoms with Gasteiger partial charge in [-0.3, -0.25) is 14.4 Å². The average molecular weight is 232 g/mol. The van der Waals surface area contributed by atoms with Gasteiger partial charge in [0.05, 0.1) is 30.1 Å². The van der Waals surface area contributed by atoms with Crippen molar-refractivity contribution in [3.63, 3.8) is 0 Å². The van der Waals surface area contributed by atoms with Crippen molar-refractivity contribution in [1.82, 2.24) is 14.9 Å². The zero-order valence-electron chi connectivity index (χ0n) is 10.2. The van der Waals surface area contributed by atoms with Crippen LogP contribution in [0.15, 0.2) is 9.79 Å². The Kier molecular flexibility index (Phi) is 2.36. The third-order valence-electron chi connectivity index (χ3n) is 3.33. The van der Waals surface area contributed by atoms with Gasteiger partial charge in [0.25, 0.3) is 5.56 Å². The van der Waals surface area contributed by atoms with E-state index in [9.17, 15) is 4.79 Å². The molecular formula is C12H16N4O. The number of aliphatic imine (C=N–C) groups is 1. The van der Waals surface area contributed by atoms with E-state index in [1.54, 1.807) is 4.57 Å². The molecule has 0 aliphatic carbocycles. The second kappa shape index (κ2) is 3.77. The lowest BCUT2D eigenvalue weighted by Gasteiger charge is -2.20. The topological polar surface area (TPSA) is 59.3 Å².